The van der Waals surface area contributed by atoms with Crippen molar-refractivity contribution >= 4 is 0 Å². The van der Waals surface area contributed by atoms with Crippen LogP contribution in [0.25, 0.3) is 0 Å². The van der Waals surface area contributed by atoms with E-state index in [9.17, 15) is 4.39 Å². The van der Waals surface area contributed by atoms with Gasteiger partial charge in [0.25, 0.3) is 0 Å². The molecule has 0 aliphatic rings. The predicted molar refractivity (Wildman–Crippen MR) is 59.6 cm³/mol. The highest BCUT2D eigenvalue weighted by Crippen LogP contribution is 2.12. The molecule has 1 atom stereocenters. The molecule has 0 saturated heterocycles. The summed E-state index contributed by atoms with van der Waals surface area (Å²) in [4.78, 5) is 0. The SMILES string of the molecule is CC(C)NCC(C)Oc1ccc(F)cc1. The Morgan fingerprint density at radius 2 is 1.80 bits per heavy atom. The number of rotatable bonds is 5. The third kappa shape index (κ3) is 4.79. The molecule has 3 heteroatoms. The third-order valence-corrected chi connectivity index (χ3v) is 1.96. The third-order valence-electron chi connectivity index (χ3n) is 1.96. The second-order valence-electron chi connectivity index (χ2n) is 3.95. The Balaban J connectivity index is 2.37. The fourth-order valence-electron chi connectivity index (χ4n) is 1.19. The molecule has 0 aliphatic carbocycles. The van der Waals surface area contributed by atoms with Gasteiger partial charge in [-0.05, 0) is 31.2 Å². The lowest BCUT2D eigenvalue weighted by atomic mass is 10.3. The van der Waals surface area contributed by atoms with Gasteiger partial charge in [0, 0.05) is 12.6 Å². The monoisotopic (exact) mass is 211 g/mol. The van der Waals surface area contributed by atoms with Gasteiger partial charge in [-0.2, -0.15) is 0 Å². The van der Waals surface area contributed by atoms with Crippen LogP contribution in [0.5, 0.6) is 5.75 Å². The zero-order valence-corrected chi connectivity index (χ0v) is 9.46. The lowest BCUT2D eigenvalue weighted by molar-refractivity contribution is 0.213. The number of hydrogen-bond acceptors (Lipinski definition) is 2. The van der Waals surface area contributed by atoms with Gasteiger partial charge in [-0.3, -0.25) is 0 Å². The normalized spacial score (nSPS) is 12.9. The Morgan fingerprint density at radius 1 is 1.20 bits per heavy atom. The van der Waals surface area contributed by atoms with Crippen LogP contribution < -0.4 is 10.1 Å². The fourth-order valence-corrected chi connectivity index (χ4v) is 1.19. The maximum absolute atomic E-state index is 12.6. The predicted octanol–water partition coefficient (Wildman–Crippen LogP) is 2.59. The lowest BCUT2D eigenvalue weighted by Crippen LogP contribution is -2.33. The maximum atomic E-state index is 12.6. The zero-order valence-electron chi connectivity index (χ0n) is 9.46. The van der Waals surface area contributed by atoms with E-state index in [-0.39, 0.29) is 11.9 Å². The molecule has 0 aromatic heterocycles. The number of ether oxygens (including phenoxy) is 1. The first kappa shape index (κ1) is 12.0. The summed E-state index contributed by atoms with van der Waals surface area (Å²) >= 11 is 0. The van der Waals surface area contributed by atoms with Crippen LogP contribution in [0.2, 0.25) is 0 Å². The Morgan fingerprint density at radius 3 is 2.33 bits per heavy atom. The molecule has 0 heterocycles. The van der Waals surface area contributed by atoms with Crippen LogP contribution in [0, 0.1) is 5.82 Å². The minimum atomic E-state index is -0.240. The topological polar surface area (TPSA) is 21.3 Å². The molecule has 84 valence electrons. The van der Waals surface area contributed by atoms with Crippen molar-refractivity contribution in [2.75, 3.05) is 6.54 Å². The highest BCUT2D eigenvalue weighted by molar-refractivity contribution is 5.22. The fraction of sp³-hybridized carbons (Fsp3) is 0.500. The summed E-state index contributed by atoms with van der Waals surface area (Å²) in [5.41, 5.74) is 0. The van der Waals surface area contributed by atoms with Gasteiger partial charge in [-0.25, -0.2) is 4.39 Å². The van der Waals surface area contributed by atoms with Crippen molar-refractivity contribution in [1.82, 2.24) is 5.32 Å². The first-order valence-electron chi connectivity index (χ1n) is 5.23. The highest BCUT2D eigenvalue weighted by Gasteiger charge is 2.04. The van der Waals surface area contributed by atoms with Crippen LogP contribution in [0.1, 0.15) is 20.8 Å². The second kappa shape index (κ2) is 5.71. The van der Waals surface area contributed by atoms with Crippen molar-refractivity contribution in [1.29, 1.82) is 0 Å². The zero-order chi connectivity index (χ0) is 11.3. The highest BCUT2D eigenvalue weighted by atomic mass is 19.1. The van der Waals surface area contributed by atoms with Gasteiger partial charge in [0.05, 0.1) is 0 Å². The quantitative estimate of drug-likeness (QED) is 0.808. The summed E-state index contributed by atoms with van der Waals surface area (Å²) in [6, 6.07) is 6.53. The van der Waals surface area contributed by atoms with E-state index >= 15 is 0 Å². The summed E-state index contributed by atoms with van der Waals surface area (Å²) in [5.74, 6) is 0.463. The standard InChI is InChI=1S/C12H18FNO/c1-9(2)14-8-10(3)15-12-6-4-11(13)5-7-12/h4-7,9-10,14H,8H2,1-3H3. The summed E-state index contributed by atoms with van der Waals surface area (Å²) < 4.78 is 18.2. The minimum Gasteiger partial charge on any atom is -0.489 e. The lowest BCUT2D eigenvalue weighted by Gasteiger charge is -2.16. The summed E-state index contributed by atoms with van der Waals surface area (Å²) in [7, 11) is 0. The molecule has 2 nitrogen and oxygen atoms in total. The van der Waals surface area contributed by atoms with E-state index in [1.165, 1.54) is 12.1 Å². The van der Waals surface area contributed by atoms with Crippen molar-refractivity contribution in [3.63, 3.8) is 0 Å². The van der Waals surface area contributed by atoms with Crippen molar-refractivity contribution in [3.05, 3.63) is 30.1 Å². The first-order valence-corrected chi connectivity index (χ1v) is 5.23. The molecule has 0 fully saturated rings. The van der Waals surface area contributed by atoms with E-state index in [1.807, 2.05) is 6.92 Å². The van der Waals surface area contributed by atoms with Crippen LogP contribution in [-0.4, -0.2) is 18.7 Å². The second-order valence-corrected chi connectivity index (χ2v) is 3.95. The maximum Gasteiger partial charge on any atom is 0.123 e. The molecular weight excluding hydrogens is 193 g/mol. The molecule has 1 aromatic rings. The average molecular weight is 211 g/mol. The van der Waals surface area contributed by atoms with Crippen molar-refractivity contribution in [2.45, 2.75) is 32.9 Å². The van der Waals surface area contributed by atoms with Gasteiger partial charge in [0.2, 0.25) is 0 Å². The molecule has 0 aliphatic heterocycles. The Labute approximate surface area is 90.4 Å². The van der Waals surface area contributed by atoms with E-state index in [4.69, 9.17) is 4.74 Å². The molecular formula is C12H18FNO. The van der Waals surface area contributed by atoms with Gasteiger partial charge in [0.1, 0.15) is 17.7 Å². The van der Waals surface area contributed by atoms with Gasteiger partial charge in [-0.1, -0.05) is 13.8 Å². The van der Waals surface area contributed by atoms with E-state index in [0.717, 1.165) is 6.54 Å². The first-order chi connectivity index (χ1) is 7.08. The van der Waals surface area contributed by atoms with Crippen LogP contribution >= 0.6 is 0 Å². The molecule has 0 saturated carbocycles. The smallest absolute Gasteiger partial charge is 0.123 e. The van der Waals surface area contributed by atoms with Gasteiger partial charge in [-0.15, -0.1) is 0 Å². The number of hydrogen-bond donors (Lipinski definition) is 1. The van der Waals surface area contributed by atoms with Crippen LogP contribution in [-0.2, 0) is 0 Å². The molecule has 1 unspecified atom stereocenters. The van der Waals surface area contributed by atoms with E-state index < -0.39 is 0 Å². The summed E-state index contributed by atoms with van der Waals surface area (Å²) in [6.07, 6.45) is 0.0814. The molecule has 0 amide bonds. The molecule has 0 spiro atoms. The largest absolute Gasteiger partial charge is 0.489 e. The molecule has 15 heavy (non-hydrogen) atoms. The van der Waals surface area contributed by atoms with Crippen molar-refractivity contribution in [2.24, 2.45) is 0 Å². The summed E-state index contributed by atoms with van der Waals surface area (Å²) in [6.45, 7) is 6.95. The number of nitrogens with one attached hydrogen (secondary N) is 1. The van der Waals surface area contributed by atoms with Gasteiger partial charge >= 0.3 is 0 Å². The van der Waals surface area contributed by atoms with E-state index in [1.54, 1.807) is 12.1 Å². The molecule has 1 N–H and O–H groups in total. The number of halogens is 1. The van der Waals surface area contributed by atoms with E-state index in [0.29, 0.717) is 11.8 Å². The Bertz CT molecular complexity index is 284. The Kier molecular flexibility index (Phi) is 4.56. The van der Waals surface area contributed by atoms with Gasteiger partial charge < -0.3 is 10.1 Å². The van der Waals surface area contributed by atoms with Crippen molar-refractivity contribution in [3.8, 4) is 5.75 Å². The van der Waals surface area contributed by atoms with Gasteiger partial charge in [0.15, 0.2) is 0 Å². The molecule has 0 bridgehead atoms. The summed E-state index contributed by atoms with van der Waals surface area (Å²) in [5, 5.41) is 3.28. The van der Waals surface area contributed by atoms with Crippen LogP contribution in [0.15, 0.2) is 24.3 Å². The van der Waals surface area contributed by atoms with Crippen LogP contribution in [0.3, 0.4) is 0 Å². The average Bonchev–Trinajstić information content (AvgIpc) is 2.19. The molecule has 1 rings (SSSR count). The van der Waals surface area contributed by atoms with Crippen LogP contribution in [0.4, 0.5) is 4.39 Å². The minimum absolute atomic E-state index is 0.0814. The molecule has 1 aromatic carbocycles. The Hall–Kier alpha value is -1.09. The number of benzene rings is 1. The molecule has 0 radical (unpaired) electrons. The van der Waals surface area contributed by atoms with E-state index in [2.05, 4.69) is 19.2 Å². The van der Waals surface area contributed by atoms with Crippen molar-refractivity contribution < 1.29 is 9.13 Å².